The summed E-state index contributed by atoms with van der Waals surface area (Å²) in [6, 6.07) is 13.7. The number of methoxy groups -OCH3 is 1. The third kappa shape index (κ3) is 5.36. The van der Waals surface area contributed by atoms with Gasteiger partial charge in [-0.2, -0.15) is 0 Å². The van der Waals surface area contributed by atoms with Gasteiger partial charge in [-0.1, -0.05) is 48.2 Å². The number of para-hydroxylation sites is 3. The minimum absolute atomic E-state index is 0.352. The van der Waals surface area contributed by atoms with E-state index in [1.54, 1.807) is 18.9 Å². The second kappa shape index (κ2) is 10.7. The molecular formula is C23H27N3O3S. The Bertz CT molecular complexity index is 967. The van der Waals surface area contributed by atoms with E-state index in [2.05, 4.69) is 16.8 Å². The van der Waals surface area contributed by atoms with Crippen molar-refractivity contribution in [2.75, 3.05) is 19.5 Å². The second-order valence-electron chi connectivity index (χ2n) is 6.66. The topological polar surface area (TPSA) is 58.4 Å². The third-order valence-electron chi connectivity index (χ3n) is 4.50. The molecule has 2 aromatic carbocycles. The highest BCUT2D eigenvalue weighted by molar-refractivity contribution is 7.99. The van der Waals surface area contributed by atoms with Crippen LogP contribution < -0.4 is 14.2 Å². The number of rotatable bonds is 11. The van der Waals surface area contributed by atoms with Crippen LogP contribution in [0.25, 0.3) is 0 Å². The number of thioether (sulfide) groups is 1. The van der Waals surface area contributed by atoms with Gasteiger partial charge in [-0.3, -0.25) is 4.57 Å². The van der Waals surface area contributed by atoms with Gasteiger partial charge < -0.3 is 14.2 Å². The van der Waals surface area contributed by atoms with E-state index in [1.165, 1.54) is 0 Å². The second-order valence-corrected chi connectivity index (χ2v) is 7.72. The fourth-order valence-corrected chi connectivity index (χ4v) is 3.81. The average Bonchev–Trinajstić information content (AvgIpc) is 3.13. The van der Waals surface area contributed by atoms with Gasteiger partial charge in [0.15, 0.2) is 22.5 Å². The molecule has 0 aliphatic rings. The summed E-state index contributed by atoms with van der Waals surface area (Å²) in [5.74, 6) is 3.85. The number of hydrogen-bond donors (Lipinski definition) is 0. The molecule has 0 saturated carbocycles. The van der Waals surface area contributed by atoms with Gasteiger partial charge in [0.25, 0.3) is 0 Å². The molecule has 158 valence electrons. The highest BCUT2D eigenvalue weighted by Crippen LogP contribution is 2.27. The van der Waals surface area contributed by atoms with Crippen molar-refractivity contribution in [2.45, 2.75) is 32.2 Å². The molecule has 30 heavy (non-hydrogen) atoms. The van der Waals surface area contributed by atoms with Gasteiger partial charge in [-0.05, 0) is 37.1 Å². The van der Waals surface area contributed by atoms with Crippen LogP contribution in [0.5, 0.6) is 17.2 Å². The molecule has 1 aromatic heterocycles. The van der Waals surface area contributed by atoms with E-state index in [9.17, 15) is 0 Å². The lowest BCUT2D eigenvalue weighted by Gasteiger charge is -2.13. The predicted molar refractivity (Wildman–Crippen MR) is 120 cm³/mol. The molecule has 0 fully saturated rings. The summed E-state index contributed by atoms with van der Waals surface area (Å²) < 4.78 is 19.2. The van der Waals surface area contributed by atoms with Crippen LogP contribution in [0.15, 0.2) is 60.3 Å². The molecular weight excluding hydrogens is 398 g/mol. The third-order valence-corrected chi connectivity index (χ3v) is 5.43. The lowest BCUT2D eigenvalue weighted by atomic mass is 10.1. The monoisotopic (exact) mass is 425 g/mol. The molecule has 1 heterocycles. The van der Waals surface area contributed by atoms with Crippen molar-refractivity contribution < 1.29 is 14.2 Å². The van der Waals surface area contributed by atoms with Crippen LogP contribution >= 0.6 is 11.8 Å². The Hall–Kier alpha value is -2.93. The number of nitrogens with zero attached hydrogens (tertiary/aromatic N) is 3. The predicted octanol–water partition coefficient (Wildman–Crippen LogP) is 4.84. The summed E-state index contributed by atoms with van der Waals surface area (Å²) in [5.41, 5.74) is 2.21. The lowest BCUT2D eigenvalue weighted by Crippen LogP contribution is -2.09. The zero-order chi connectivity index (χ0) is 21.3. The van der Waals surface area contributed by atoms with Crippen molar-refractivity contribution in [1.29, 1.82) is 0 Å². The number of benzene rings is 2. The zero-order valence-electron chi connectivity index (χ0n) is 17.6. The standard InChI is InChI=1S/C23H27N3O3S/c1-5-13-26-21(16-29-22-17(2)9-8-10-18(22)3)24-25-23(26)30-15-14-28-20-12-7-6-11-19(20)27-4/h5-12H,1,13-16H2,2-4H3. The maximum atomic E-state index is 6.06. The Kier molecular flexibility index (Phi) is 7.79. The first kappa shape index (κ1) is 21.8. The highest BCUT2D eigenvalue weighted by Gasteiger charge is 2.14. The number of hydrogen-bond acceptors (Lipinski definition) is 6. The summed E-state index contributed by atoms with van der Waals surface area (Å²) in [7, 11) is 1.64. The summed E-state index contributed by atoms with van der Waals surface area (Å²) in [6.07, 6.45) is 1.83. The highest BCUT2D eigenvalue weighted by atomic mass is 32.2. The molecule has 0 radical (unpaired) electrons. The zero-order valence-corrected chi connectivity index (χ0v) is 18.4. The summed E-state index contributed by atoms with van der Waals surface area (Å²) in [6.45, 7) is 9.44. The van der Waals surface area contributed by atoms with Crippen molar-refractivity contribution in [3.8, 4) is 17.2 Å². The molecule has 3 rings (SSSR count). The van der Waals surface area contributed by atoms with Gasteiger partial charge in [0.05, 0.1) is 13.7 Å². The molecule has 7 heteroatoms. The van der Waals surface area contributed by atoms with Crippen molar-refractivity contribution in [3.05, 3.63) is 72.1 Å². The Morgan fingerprint density at radius 3 is 2.43 bits per heavy atom. The molecule has 0 aliphatic heterocycles. The van der Waals surface area contributed by atoms with Gasteiger partial charge in [0, 0.05) is 12.3 Å². The Labute approximate surface area is 181 Å². The summed E-state index contributed by atoms with van der Waals surface area (Å²) in [5, 5.41) is 9.49. The molecule has 3 aromatic rings. The van der Waals surface area contributed by atoms with Gasteiger partial charge in [0.2, 0.25) is 0 Å². The minimum atomic E-state index is 0.352. The first-order chi connectivity index (χ1) is 14.6. The van der Waals surface area contributed by atoms with Crippen LogP contribution in [0, 0.1) is 13.8 Å². The number of aryl methyl sites for hydroxylation is 2. The first-order valence-corrected chi connectivity index (χ1v) is 10.7. The summed E-state index contributed by atoms with van der Waals surface area (Å²) in [4.78, 5) is 0. The molecule has 0 atom stereocenters. The first-order valence-electron chi connectivity index (χ1n) is 9.74. The lowest BCUT2D eigenvalue weighted by molar-refractivity contribution is 0.285. The van der Waals surface area contributed by atoms with Crippen molar-refractivity contribution in [1.82, 2.24) is 14.8 Å². The Morgan fingerprint density at radius 2 is 1.73 bits per heavy atom. The molecule has 0 unspecified atom stereocenters. The van der Waals surface area contributed by atoms with Crippen LogP contribution in [0.3, 0.4) is 0 Å². The van der Waals surface area contributed by atoms with Crippen LogP contribution in [-0.2, 0) is 13.2 Å². The van der Waals surface area contributed by atoms with Gasteiger partial charge >= 0.3 is 0 Å². The molecule has 0 bridgehead atoms. The molecule has 0 amide bonds. The number of aromatic nitrogens is 3. The molecule has 0 N–H and O–H groups in total. The van der Waals surface area contributed by atoms with E-state index in [4.69, 9.17) is 14.2 Å². The maximum absolute atomic E-state index is 6.06. The minimum Gasteiger partial charge on any atom is -0.493 e. The Morgan fingerprint density at radius 1 is 1.00 bits per heavy atom. The van der Waals surface area contributed by atoms with Crippen LogP contribution in [0.2, 0.25) is 0 Å². The number of allylic oxidation sites excluding steroid dienone is 1. The quantitative estimate of drug-likeness (QED) is 0.249. The van der Waals surface area contributed by atoms with Crippen molar-refractivity contribution in [3.63, 3.8) is 0 Å². The smallest absolute Gasteiger partial charge is 0.191 e. The van der Waals surface area contributed by atoms with Crippen molar-refractivity contribution >= 4 is 11.8 Å². The molecule has 0 spiro atoms. The molecule has 6 nitrogen and oxygen atoms in total. The van der Waals surface area contributed by atoms with Gasteiger partial charge in [0.1, 0.15) is 12.4 Å². The van der Waals surface area contributed by atoms with E-state index >= 15 is 0 Å². The van der Waals surface area contributed by atoms with Crippen LogP contribution in [0.1, 0.15) is 17.0 Å². The maximum Gasteiger partial charge on any atom is 0.191 e. The van der Waals surface area contributed by atoms with E-state index in [-0.39, 0.29) is 0 Å². The fraction of sp³-hybridized carbons (Fsp3) is 0.304. The average molecular weight is 426 g/mol. The normalized spacial score (nSPS) is 10.6. The fourth-order valence-electron chi connectivity index (χ4n) is 3.03. The van der Waals surface area contributed by atoms with Crippen LogP contribution in [-0.4, -0.2) is 34.2 Å². The SMILES string of the molecule is C=CCn1c(COc2c(C)cccc2C)nnc1SCCOc1ccccc1OC. The molecule has 0 saturated heterocycles. The van der Waals surface area contributed by atoms with Gasteiger partial charge in [-0.25, -0.2) is 0 Å². The Balaban J connectivity index is 1.60. The van der Waals surface area contributed by atoms with E-state index in [0.717, 1.165) is 45.1 Å². The molecule has 0 aliphatic carbocycles. The summed E-state index contributed by atoms with van der Waals surface area (Å²) >= 11 is 1.59. The van der Waals surface area contributed by atoms with Crippen molar-refractivity contribution in [2.24, 2.45) is 0 Å². The van der Waals surface area contributed by atoms with E-state index < -0.39 is 0 Å². The van der Waals surface area contributed by atoms with E-state index in [0.29, 0.717) is 19.8 Å². The number of ether oxygens (including phenoxy) is 3. The van der Waals surface area contributed by atoms with Crippen LogP contribution in [0.4, 0.5) is 0 Å². The van der Waals surface area contributed by atoms with E-state index in [1.807, 2.05) is 67.0 Å². The van der Waals surface area contributed by atoms with Gasteiger partial charge in [-0.15, -0.1) is 16.8 Å². The largest absolute Gasteiger partial charge is 0.493 e.